The van der Waals surface area contributed by atoms with Crippen LogP contribution in [0.25, 0.3) is 0 Å². The third-order valence-corrected chi connectivity index (χ3v) is 0.283. The van der Waals surface area contributed by atoms with E-state index in [1.54, 1.807) is 19.0 Å². The van der Waals surface area contributed by atoms with Gasteiger partial charge in [-0.05, 0) is 14.1 Å². The zero-order chi connectivity index (χ0) is 4.28. The van der Waals surface area contributed by atoms with Gasteiger partial charge >= 0.3 is 0 Å². The van der Waals surface area contributed by atoms with E-state index in [0.717, 1.165) is 0 Å². The summed E-state index contributed by atoms with van der Waals surface area (Å²) in [5.41, 5.74) is 0. The van der Waals surface area contributed by atoms with Crippen LogP contribution >= 0.6 is 0 Å². The predicted molar refractivity (Wildman–Crippen MR) is 20.8 cm³/mol. The van der Waals surface area contributed by atoms with E-state index in [9.17, 15) is 0 Å². The Labute approximate surface area is 63.1 Å². The molecule has 0 rings (SSSR count). The molecule has 0 aliphatic carbocycles. The second kappa shape index (κ2) is 9.95. The van der Waals surface area contributed by atoms with Gasteiger partial charge in [-0.2, -0.15) is 0 Å². The Balaban J connectivity index is -0.0000000800. The van der Waals surface area contributed by atoms with Crippen LogP contribution in [0.15, 0.2) is 0 Å². The fourth-order valence-electron chi connectivity index (χ4n) is 0. The van der Waals surface area contributed by atoms with Crippen molar-refractivity contribution in [2.75, 3.05) is 20.8 Å². The maximum absolute atomic E-state index is 8.07. The molecule has 0 spiro atoms. The second-order valence-electron chi connectivity index (χ2n) is 1.22. The SMILES string of the molecule is CN(C)CO.[Cl-].[Zn]. The maximum atomic E-state index is 8.07. The predicted octanol–water partition coefficient (Wildman–Crippen LogP) is -3.50. The molecule has 42 valence electrons. The fraction of sp³-hybridized carbons (Fsp3) is 1.00. The molecule has 0 aliphatic rings. The molecular weight excluding hydrogens is 167 g/mol. The van der Waals surface area contributed by atoms with Crippen LogP contribution in [0.1, 0.15) is 0 Å². The number of rotatable bonds is 1. The van der Waals surface area contributed by atoms with E-state index in [-0.39, 0.29) is 38.6 Å². The molecule has 0 saturated carbocycles. The van der Waals surface area contributed by atoms with Gasteiger partial charge in [0.05, 0.1) is 6.73 Å². The van der Waals surface area contributed by atoms with Gasteiger partial charge in [-0.25, -0.2) is 0 Å². The third-order valence-electron chi connectivity index (χ3n) is 0.283. The van der Waals surface area contributed by atoms with Crippen LogP contribution in [0.3, 0.4) is 0 Å². The first-order valence-electron chi connectivity index (χ1n) is 1.53. The van der Waals surface area contributed by atoms with Gasteiger partial charge < -0.3 is 17.5 Å². The first kappa shape index (κ1) is 15.7. The van der Waals surface area contributed by atoms with E-state index >= 15 is 0 Å². The molecular formula is C3H9ClNOZn-. The summed E-state index contributed by atoms with van der Waals surface area (Å²) >= 11 is 0. The molecule has 0 radical (unpaired) electrons. The van der Waals surface area contributed by atoms with Gasteiger partial charge in [0.25, 0.3) is 0 Å². The van der Waals surface area contributed by atoms with Crippen molar-refractivity contribution >= 4 is 0 Å². The maximum Gasteiger partial charge on any atom is 0.0951 e. The van der Waals surface area contributed by atoms with Crippen molar-refractivity contribution in [3.05, 3.63) is 0 Å². The normalized spacial score (nSPS) is 6.86. The number of aliphatic hydroxyl groups excluding tert-OH is 1. The van der Waals surface area contributed by atoms with E-state index in [0.29, 0.717) is 0 Å². The summed E-state index contributed by atoms with van der Waals surface area (Å²) in [6.07, 6.45) is 0. The first-order valence-corrected chi connectivity index (χ1v) is 1.53. The zero-order valence-corrected chi connectivity index (χ0v) is 8.41. The monoisotopic (exact) mass is 174 g/mol. The van der Waals surface area contributed by atoms with Crippen LogP contribution in [-0.2, 0) is 19.5 Å². The number of hydrogen-bond acceptors (Lipinski definition) is 2. The minimum absolute atomic E-state index is 0. The Hall–Kier alpha value is 0.833. The van der Waals surface area contributed by atoms with E-state index in [2.05, 4.69) is 0 Å². The van der Waals surface area contributed by atoms with Gasteiger partial charge in [-0.3, -0.25) is 4.90 Å². The van der Waals surface area contributed by atoms with Crippen molar-refractivity contribution in [1.29, 1.82) is 0 Å². The summed E-state index contributed by atoms with van der Waals surface area (Å²) < 4.78 is 0. The summed E-state index contributed by atoms with van der Waals surface area (Å²) in [7, 11) is 3.61. The molecule has 0 atom stereocenters. The Kier molecular flexibility index (Phi) is 22.3. The van der Waals surface area contributed by atoms with Crippen molar-refractivity contribution in [3.8, 4) is 0 Å². The summed E-state index contributed by atoms with van der Waals surface area (Å²) in [5, 5.41) is 8.07. The number of hydrogen-bond donors (Lipinski definition) is 1. The molecule has 1 N–H and O–H groups in total. The van der Waals surface area contributed by atoms with Gasteiger partial charge in [0.15, 0.2) is 0 Å². The average Bonchev–Trinajstić information content (AvgIpc) is 1.38. The minimum Gasteiger partial charge on any atom is -1.00 e. The van der Waals surface area contributed by atoms with Crippen molar-refractivity contribution in [2.45, 2.75) is 0 Å². The van der Waals surface area contributed by atoms with Gasteiger partial charge in [0.2, 0.25) is 0 Å². The van der Waals surface area contributed by atoms with E-state index < -0.39 is 0 Å². The van der Waals surface area contributed by atoms with Crippen LogP contribution in [0.5, 0.6) is 0 Å². The molecule has 0 bridgehead atoms. The molecule has 0 saturated heterocycles. The average molecular weight is 176 g/mol. The Morgan fingerprint density at radius 3 is 1.57 bits per heavy atom. The molecule has 0 fully saturated rings. The second-order valence-corrected chi connectivity index (χ2v) is 1.22. The summed E-state index contributed by atoms with van der Waals surface area (Å²) in [6, 6.07) is 0. The summed E-state index contributed by atoms with van der Waals surface area (Å²) in [5.74, 6) is 0. The quantitative estimate of drug-likeness (QED) is 0.331. The Bertz CT molecular complexity index is 28.9. The molecule has 0 aliphatic heterocycles. The molecule has 4 heteroatoms. The topological polar surface area (TPSA) is 23.5 Å². The van der Waals surface area contributed by atoms with Crippen molar-refractivity contribution in [1.82, 2.24) is 4.90 Å². The standard InChI is InChI=1S/C3H9NO.ClH.Zn/c1-4(2)3-5;;/h5H,3H2,1-2H3;1H;/p-1. The first-order chi connectivity index (χ1) is 2.27. The van der Waals surface area contributed by atoms with Crippen LogP contribution in [-0.4, -0.2) is 30.8 Å². The summed E-state index contributed by atoms with van der Waals surface area (Å²) in [6.45, 7) is 0.139. The van der Waals surface area contributed by atoms with Gasteiger partial charge in [0, 0.05) is 19.5 Å². The number of nitrogens with zero attached hydrogens (tertiary/aromatic N) is 1. The third kappa shape index (κ3) is 19.9. The van der Waals surface area contributed by atoms with Gasteiger partial charge in [-0.15, -0.1) is 0 Å². The Morgan fingerprint density at radius 1 is 1.43 bits per heavy atom. The minimum atomic E-state index is 0. The molecule has 0 amide bonds. The van der Waals surface area contributed by atoms with Crippen molar-refractivity contribution in [2.24, 2.45) is 0 Å². The van der Waals surface area contributed by atoms with Crippen LogP contribution in [0.4, 0.5) is 0 Å². The van der Waals surface area contributed by atoms with Gasteiger partial charge in [0.1, 0.15) is 0 Å². The molecule has 0 aromatic heterocycles. The molecule has 0 aromatic rings. The van der Waals surface area contributed by atoms with Gasteiger partial charge in [-0.1, -0.05) is 0 Å². The largest absolute Gasteiger partial charge is 1.00 e. The van der Waals surface area contributed by atoms with E-state index in [4.69, 9.17) is 5.11 Å². The molecule has 0 aromatic carbocycles. The fourth-order valence-corrected chi connectivity index (χ4v) is 0. The Morgan fingerprint density at radius 2 is 1.57 bits per heavy atom. The van der Waals surface area contributed by atoms with E-state index in [1.165, 1.54) is 0 Å². The van der Waals surface area contributed by atoms with Crippen LogP contribution in [0.2, 0.25) is 0 Å². The number of halogens is 1. The van der Waals surface area contributed by atoms with Crippen LogP contribution in [0, 0.1) is 0 Å². The smallest absolute Gasteiger partial charge is 0.0951 e. The molecule has 0 heterocycles. The zero-order valence-electron chi connectivity index (χ0n) is 4.69. The van der Waals surface area contributed by atoms with E-state index in [1.807, 2.05) is 0 Å². The van der Waals surface area contributed by atoms with Crippen molar-refractivity contribution < 1.29 is 37.0 Å². The molecule has 2 nitrogen and oxygen atoms in total. The molecule has 0 unspecified atom stereocenters. The number of aliphatic hydroxyl groups is 1. The van der Waals surface area contributed by atoms with Crippen LogP contribution < -0.4 is 12.4 Å². The summed E-state index contributed by atoms with van der Waals surface area (Å²) in [4.78, 5) is 1.68. The molecule has 7 heavy (non-hydrogen) atoms. The van der Waals surface area contributed by atoms with Crippen molar-refractivity contribution in [3.63, 3.8) is 0 Å².